The monoisotopic (exact) mass is 247 g/mol. The van der Waals surface area contributed by atoms with Crippen LogP contribution in [-0.2, 0) is 16.6 Å². The molecule has 0 aliphatic carbocycles. The van der Waals surface area contributed by atoms with E-state index in [1.807, 2.05) is 0 Å². The Balaban J connectivity index is 2.25. The largest absolute Gasteiger partial charge is 0.329 e. The summed E-state index contributed by atoms with van der Waals surface area (Å²) in [5, 5.41) is 6.86. The molecule has 1 rings (SSSR count). The van der Waals surface area contributed by atoms with Crippen LogP contribution >= 0.6 is 0 Å². The summed E-state index contributed by atoms with van der Waals surface area (Å²) in [7, 11) is -3.27. The maximum absolute atomic E-state index is 11.5. The van der Waals surface area contributed by atoms with Crippen LogP contribution in [0.3, 0.4) is 0 Å². The summed E-state index contributed by atoms with van der Waals surface area (Å²) in [4.78, 5) is 0. The zero-order valence-corrected chi connectivity index (χ0v) is 10.0. The van der Waals surface area contributed by atoms with Crippen molar-refractivity contribution in [3.8, 4) is 0 Å². The van der Waals surface area contributed by atoms with Crippen molar-refractivity contribution < 1.29 is 8.42 Å². The lowest BCUT2D eigenvalue weighted by molar-refractivity contribution is 0.537. The molecule has 0 aromatic carbocycles. The average molecular weight is 247 g/mol. The van der Waals surface area contributed by atoms with Gasteiger partial charge in [0.05, 0.1) is 11.4 Å². The van der Waals surface area contributed by atoms with Crippen molar-refractivity contribution in [1.29, 1.82) is 0 Å². The number of hydrogen-bond donors (Lipinski definition) is 2. The second-order valence-electron chi connectivity index (χ2n) is 3.51. The predicted molar refractivity (Wildman–Crippen MR) is 60.1 cm³/mol. The topological polar surface area (TPSA) is 103 Å². The van der Waals surface area contributed by atoms with Crippen LogP contribution in [0.25, 0.3) is 0 Å². The first-order valence-electron chi connectivity index (χ1n) is 5.09. The van der Waals surface area contributed by atoms with Gasteiger partial charge in [-0.05, 0) is 13.3 Å². The van der Waals surface area contributed by atoms with E-state index in [9.17, 15) is 8.42 Å². The van der Waals surface area contributed by atoms with E-state index in [1.165, 1.54) is 0 Å². The summed E-state index contributed by atoms with van der Waals surface area (Å²) in [6.45, 7) is 2.73. The zero-order valence-electron chi connectivity index (χ0n) is 9.20. The van der Waals surface area contributed by atoms with Crippen LogP contribution in [0, 0.1) is 0 Å². The molecule has 92 valence electrons. The molecule has 0 bridgehead atoms. The highest BCUT2D eigenvalue weighted by Crippen LogP contribution is 1.96. The van der Waals surface area contributed by atoms with Crippen LogP contribution in [0.1, 0.15) is 13.3 Å². The van der Waals surface area contributed by atoms with Crippen LogP contribution < -0.4 is 10.5 Å². The van der Waals surface area contributed by atoms with Crippen molar-refractivity contribution in [3.63, 3.8) is 0 Å². The van der Waals surface area contributed by atoms with E-state index < -0.39 is 15.3 Å². The highest BCUT2D eigenvalue weighted by atomic mass is 32.2. The van der Waals surface area contributed by atoms with E-state index in [0.29, 0.717) is 19.5 Å². The van der Waals surface area contributed by atoms with Gasteiger partial charge in [0, 0.05) is 25.8 Å². The number of hydrogen-bond acceptors (Lipinski definition) is 5. The van der Waals surface area contributed by atoms with E-state index in [0.717, 1.165) is 0 Å². The maximum atomic E-state index is 11.5. The Morgan fingerprint density at radius 1 is 1.56 bits per heavy atom. The Morgan fingerprint density at radius 2 is 2.31 bits per heavy atom. The molecule has 16 heavy (non-hydrogen) atoms. The predicted octanol–water partition coefficient (Wildman–Crippen LogP) is -1.07. The highest BCUT2D eigenvalue weighted by Gasteiger charge is 2.17. The van der Waals surface area contributed by atoms with Gasteiger partial charge in [0.15, 0.2) is 0 Å². The number of sulfonamides is 1. The fourth-order valence-corrected chi connectivity index (χ4v) is 2.04. The Kier molecular flexibility index (Phi) is 4.84. The summed E-state index contributed by atoms with van der Waals surface area (Å²) in [6.07, 6.45) is 3.98. The number of nitrogens with one attached hydrogen (secondary N) is 1. The van der Waals surface area contributed by atoms with Crippen molar-refractivity contribution in [2.75, 3.05) is 13.1 Å². The van der Waals surface area contributed by atoms with E-state index in [1.54, 1.807) is 24.0 Å². The lowest BCUT2D eigenvalue weighted by Crippen LogP contribution is -2.37. The SMILES string of the molecule is CC(CN)S(=O)(=O)NCCCn1ccnn1. The number of aryl methyl sites for hydroxylation is 1. The van der Waals surface area contributed by atoms with Gasteiger partial charge in [0.25, 0.3) is 0 Å². The van der Waals surface area contributed by atoms with Gasteiger partial charge in [-0.1, -0.05) is 5.21 Å². The number of rotatable bonds is 7. The van der Waals surface area contributed by atoms with Crippen LogP contribution in [0.5, 0.6) is 0 Å². The molecule has 0 fully saturated rings. The molecule has 0 saturated carbocycles. The minimum atomic E-state index is -3.27. The first-order valence-corrected chi connectivity index (χ1v) is 6.63. The Bertz CT molecular complexity index is 389. The summed E-state index contributed by atoms with van der Waals surface area (Å²) in [5.41, 5.74) is 5.30. The second kappa shape index (κ2) is 5.92. The molecule has 0 aliphatic rings. The van der Waals surface area contributed by atoms with Crippen molar-refractivity contribution >= 4 is 10.0 Å². The Morgan fingerprint density at radius 3 is 2.88 bits per heavy atom. The lowest BCUT2D eigenvalue weighted by Gasteiger charge is -2.11. The fourth-order valence-electron chi connectivity index (χ4n) is 1.08. The van der Waals surface area contributed by atoms with E-state index in [2.05, 4.69) is 15.0 Å². The van der Waals surface area contributed by atoms with Crippen molar-refractivity contribution in [2.45, 2.75) is 25.1 Å². The van der Waals surface area contributed by atoms with E-state index in [4.69, 9.17) is 5.73 Å². The van der Waals surface area contributed by atoms with Crippen LogP contribution in [-0.4, -0.2) is 41.8 Å². The summed E-state index contributed by atoms with van der Waals surface area (Å²) in [5.74, 6) is 0. The van der Waals surface area contributed by atoms with Crippen molar-refractivity contribution in [1.82, 2.24) is 19.7 Å². The molecule has 1 aromatic heterocycles. The third-order valence-corrected chi connectivity index (χ3v) is 4.06. The van der Waals surface area contributed by atoms with Gasteiger partial charge in [-0.3, -0.25) is 4.68 Å². The normalized spacial score (nSPS) is 13.9. The van der Waals surface area contributed by atoms with Gasteiger partial charge in [0.2, 0.25) is 10.0 Å². The van der Waals surface area contributed by atoms with Gasteiger partial charge in [-0.2, -0.15) is 0 Å². The molecule has 0 amide bonds. The molecule has 3 N–H and O–H groups in total. The minimum Gasteiger partial charge on any atom is -0.329 e. The summed E-state index contributed by atoms with van der Waals surface area (Å²) in [6, 6.07) is 0. The average Bonchev–Trinajstić information content (AvgIpc) is 2.76. The lowest BCUT2D eigenvalue weighted by atomic mass is 10.4. The standard InChI is InChI=1S/C8H17N5O2S/c1-8(7-9)16(14,15)11-3-2-5-13-6-4-10-12-13/h4,6,8,11H,2-3,5,7,9H2,1H3. The van der Waals surface area contributed by atoms with Gasteiger partial charge in [0.1, 0.15) is 0 Å². The van der Waals surface area contributed by atoms with Crippen LogP contribution in [0.15, 0.2) is 12.4 Å². The maximum Gasteiger partial charge on any atom is 0.215 e. The van der Waals surface area contributed by atoms with Gasteiger partial charge in [-0.25, -0.2) is 13.1 Å². The quantitative estimate of drug-likeness (QED) is 0.597. The number of aromatic nitrogens is 3. The van der Waals surface area contributed by atoms with Gasteiger partial charge in [-0.15, -0.1) is 5.10 Å². The molecule has 8 heteroatoms. The molecule has 1 aromatic rings. The first kappa shape index (κ1) is 13.1. The van der Waals surface area contributed by atoms with E-state index in [-0.39, 0.29) is 6.54 Å². The first-order chi connectivity index (χ1) is 7.56. The number of nitrogens with zero attached hydrogens (tertiary/aromatic N) is 3. The third-order valence-electron chi connectivity index (χ3n) is 2.20. The molecule has 0 saturated heterocycles. The molecule has 7 nitrogen and oxygen atoms in total. The molecule has 0 radical (unpaired) electrons. The minimum absolute atomic E-state index is 0.123. The van der Waals surface area contributed by atoms with E-state index >= 15 is 0 Å². The smallest absolute Gasteiger partial charge is 0.215 e. The van der Waals surface area contributed by atoms with Crippen LogP contribution in [0.4, 0.5) is 0 Å². The molecule has 1 unspecified atom stereocenters. The zero-order chi connectivity index (χ0) is 12.0. The molecule has 0 spiro atoms. The highest BCUT2D eigenvalue weighted by molar-refractivity contribution is 7.90. The summed E-state index contributed by atoms with van der Waals surface area (Å²) < 4.78 is 27.2. The Hall–Kier alpha value is -0.990. The molecule has 1 atom stereocenters. The molecule has 1 heterocycles. The third kappa shape index (κ3) is 3.87. The molecule has 0 aliphatic heterocycles. The second-order valence-corrected chi connectivity index (χ2v) is 5.69. The van der Waals surface area contributed by atoms with Gasteiger partial charge >= 0.3 is 0 Å². The molecular formula is C8H17N5O2S. The number of nitrogens with two attached hydrogens (primary N) is 1. The van der Waals surface area contributed by atoms with Crippen molar-refractivity contribution in [3.05, 3.63) is 12.4 Å². The van der Waals surface area contributed by atoms with Crippen molar-refractivity contribution in [2.24, 2.45) is 5.73 Å². The molecular weight excluding hydrogens is 230 g/mol. The van der Waals surface area contributed by atoms with Crippen LogP contribution in [0.2, 0.25) is 0 Å². The summed E-state index contributed by atoms with van der Waals surface area (Å²) >= 11 is 0. The Labute approximate surface area is 95.1 Å². The van der Waals surface area contributed by atoms with Gasteiger partial charge < -0.3 is 5.73 Å². The fraction of sp³-hybridized carbons (Fsp3) is 0.750.